The molecule has 164 valence electrons. The number of ether oxygens (including phenoxy) is 1. The molecule has 5 rings (SSSR count). The van der Waals surface area contributed by atoms with Crippen molar-refractivity contribution in [3.63, 3.8) is 0 Å². The molecule has 2 aromatic carbocycles. The lowest BCUT2D eigenvalue weighted by atomic mass is 10.1. The number of anilines is 2. The van der Waals surface area contributed by atoms with Gasteiger partial charge in [0.25, 0.3) is 0 Å². The Morgan fingerprint density at radius 2 is 1.97 bits per heavy atom. The monoisotopic (exact) mass is 486 g/mol. The summed E-state index contributed by atoms with van der Waals surface area (Å²) in [6.07, 6.45) is 2.10. The van der Waals surface area contributed by atoms with Gasteiger partial charge in [0, 0.05) is 28.7 Å². The summed E-state index contributed by atoms with van der Waals surface area (Å²) in [7, 11) is -2.06. The third-order valence-electron chi connectivity index (χ3n) is 5.39. The fourth-order valence-electron chi connectivity index (χ4n) is 3.80. The minimum Gasteiger partial charge on any atom is -0.497 e. The molecule has 0 bridgehead atoms. The number of aromatic nitrogens is 2. The molecule has 0 saturated carbocycles. The first kappa shape index (κ1) is 21.1. The molecular formula is C22H19ClN4O3S2. The number of methoxy groups -OCH3 is 1. The molecule has 0 atom stereocenters. The van der Waals surface area contributed by atoms with E-state index in [9.17, 15) is 8.42 Å². The predicted octanol–water partition coefficient (Wildman–Crippen LogP) is 4.84. The van der Waals surface area contributed by atoms with Crippen molar-refractivity contribution in [1.29, 1.82) is 0 Å². The van der Waals surface area contributed by atoms with Crippen molar-refractivity contribution >= 4 is 54.7 Å². The van der Waals surface area contributed by atoms with E-state index < -0.39 is 10.0 Å². The summed E-state index contributed by atoms with van der Waals surface area (Å²) in [5, 5.41) is 4.90. The molecule has 0 spiro atoms. The van der Waals surface area contributed by atoms with Crippen LogP contribution >= 0.6 is 22.9 Å². The normalized spacial score (nSPS) is 14.3. The highest BCUT2D eigenvalue weighted by Gasteiger charge is 2.31. The van der Waals surface area contributed by atoms with Crippen LogP contribution < -0.4 is 10.1 Å². The highest BCUT2D eigenvalue weighted by molar-refractivity contribution is 7.89. The Morgan fingerprint density at radius 3 is 2.72 bits per heavy atom. The van der Waals surface area contributed by atoms with Crippen molar-refractivity contribution < 1.29 is 13.2 Å². The van der Waals surface area contributed by atoms with Crippen LogP contribution in [0.5, 0.6) is 5.75 Å². The standard InChI is InChI=1S/C22H19ClN4O3S2/c1-30-16-5-7-17(8-6-16)32(28,29)27-10-9-18-19(12-27)31-22-20(18)21(24-13-25-22)26-15-4-2-3-14(23)11-15/h2-8,11,13H,9-10,12H2,1H3,(H,24,25,26). The summed E-state index contributed by atoms with van der Waals surface area (Å²) < 4.78 is 33.0. The molecule has 3 heterocycles. The van der Waals surface area contributed by atoms with Crippen molar-refractivity contribution in [2.24, 2.45) is 0 Å². The van der Waals surface area contributed by atoms with Crippen LogP contribution in [0.25, 0.3) is 10.2 Å². The van der Waals surface area contributed by atoms with Crippen LogP contribution in [-0.4, -0.2) is 36.3 Å². The molecule has 32 heavy (non-hydrogen) atoms. The number of benzene rings is 2. The molecule has 0 radical (unpaired) electrons. The number of sulfonamides is 1. The molecule has 10 heteroatoms. The van der Waals surface area contributed by atoms with Gasteiger partial charge in [0.15, 0.2) is 0 Å². The quantitative estimate of drug-likeness (QED) is 0.434. The molecule has 0 amide bonds. The molecule has 1 N–H and O–H groups in total. The van der Waals surface area contributed by atoms with Gasteiger partial charge >= 0.3 is 0 Å². The van der Waals surface area contributed by atoms with Crippen molar-refractivity contribution in [2.45, 2.75) is 17.9 Å². The summed E-state index contributed by atoms with van der Waals surface area (Å²) in [6, 6.07) is 13.9. The average Bonchev–Trinajstić information content (AvgIpc) is 3.18. The maximum atomic E-state index is 13.2. The average molecular weight is 487 g/mol. The van der Waals surface area contributed by atoms with Gasteiger partial charge in [0.1, 0.15) is 22.7 Å². The zero-order valence-corrected chi connectivity index (χ0v) is 19.5. The lowest BCUT2D eigenvalue weighted by Gasteiger charge is -2.26. The van der Waals surface area contributed by atoms with E-state index in [0.717, 1.165) is 26.3 Å². The minimum atomic E-state index is -3.61. The van der Waals surface area contributed by atoms with Gasteiger partial charge < -0.3 is 10.1 Å². The zero-order chi connectivity index (χ0) is 22.3. The SMILES string of the molecule is COc1ccc(S(=O)(=O)N2CCc3c(sc4ncnc(Nc5cccc(Cl)c5)c34)C2)cc1. The molecule has 4 aromatic rings. The molecular weight excluding hydrogens is 468 g/mol. The van der Waals surface area contributed by atoms with Crippen LogP contribution in [0.4, 0.5) is 11.5 Å². The molecule has 0 fully saturated rings. The number of nitrogens with zero attached hydrogens (tertiary/aromatic N) is 3. The Kier molecular flexibility index (Phi) is 5.50. The molecule has 1 aliphatic heterocycles. The molecule has 1 aliphatic rings. The summed E-state index contributed by atoms with van der Waals surface area (Å²) >= 11 is 7.62. The van der Waals surface area contributed by atoms with Gasteiger partial charge in [0.2, 0.25) is 10.0 Å². The van der Waals surface area contributed by atoms with Crippen molar-refractivity contribution in [1.82, 2.24) is 14.3 Å². The zero-order valence-electron chi connectivity index (χ0n) is 17.1. The van der Waals surface area contributed by atoms with Crippen LogP contribution in [-0.2, 0) is 23.0 Å². The largest absolute Gasteiger partial charge is 0.497 e. The summed E-state index contributed by atoms with van der Waals surface area (Å²) in [5.41, 5.74) is 1.92. The van der Waals surface area contributed by atoms with E-state index in [-0.39, 0.29) is 4.90 Å². The number of halogens is 1. The van der Waals surface area contributed by atoms with Gasteiger partial charge in [-0.25, -0.2) is 18.4 Å². The Balaban J connectivity index is 1.47. The van der Waals surface area contributed by atoms with E-state index in [2.05, 4.69) is 15.3 Å². The molecule has 2 aromatic heterocycles. The first-order valence-corrected chi connectivity index (χ1v) is 12.5. The second-order valence-corrected chi connectivity index (χ2v) is 10.8. The van der Waals surface area contributed by atoms with Crippen molar-refractivity contribution in [3.05, 3.63) is 70.3 Å². The smallest absolute Gasteiger partial charge is 0.243 e. The van der Waals surface area contributed by atoms with Crippen LogP contribution in [0.1, 0.15) is 10.4 Å². The summed E-state index contributed by atoms with van der Waals surface area (Å²) in [4.78, 5) is 10.9. The topological polar surface area (TPSA) is 84.4 Å². The maximum absolute atomic E-state index is 13.2. The Morgan fingerprint density at radius 1 is 1.16 bits per heavy atom. The van der Waals surface area contributed by atoms with E-state index in [1.165, 1.54) is 22.0 Å². The van der Waals surface area contributed by atoms with Crippen LogP contribution in [0, 0.1) is 0 Å². The highest BCUT2D eigenvalue weighted by atomic mass is 35.5. The van der Waals surface area contributed by atoms with Crippen LogP contribution in [0.3, 0.4) is 0 Å². The third kappa shape index (κ3) is 3.81. The van der Waals surface area contributed by atoms with Crippen LogP contribution in [0.15, 0.2) is 59.8 Å². The summed E-state index contributed by atoms with van der Waals surface area (Å²) in [6.45, 7) is 0.694. The van der Waals surface area contributed by atoms with Crippen molar-refractivity contribution in [2.75, 3.05) is 19.0 Å². The second kappa shape index (κ2) is 8.32. The number of nitrogens with one attached hydrogen (secondary N) is 1. The van der Waals surface area contributed by atoms with Gasteiger partial charge in [0.05, 0.1) is 17.4 Å². The predicted molar refractivity (Wildman–Crippen MR) is 126 cm³/mol. The van der Waals surface area contributed by atoms with Gasteiger partial charge in [-0.05, 0) is 54.4 Å². The molecule has 0 saturated heterocycles. The van der Waals surface area contributed by atoms with E-state index in [0.29, 0.717) is 36.1 Å². The van der Waals surface area contributed by atoms with Gasteiger partial charge in [-0.3, -0.25) is 0 Å². The highest BCUT2D eigenvalue weighted by Crippen LogP contribution is 2.39. The van der Waals surface area contributed by atoms with E-state index in [4.69, 9.17) is 16.3 Å². The number of thiophene rings is 1. The fraction of sp³-hybridized carbons (Fsp3) is 0.182. The summed E-state index contributed by atoms with van der Waals surface area (Å²) in [5.74, 6) is 1.31. The third-order valence-corrected chi connectivity index (χ3v) is 8.61. The van der Waals surface area contributed by atoms with Crippen LogP contribution in [0.2, 0.25) is 5.02 Å². The molecule has 7 nitrogen and oxygen atoms in total. The van der Waals surface area contributed by atoms with Crippen molar-refractivity contribution in [3.8, 4) is 5.75 Å². The second-order valence-electron chi connectivity index (χ2n) is 7.31. The first-order valence-electron chi connectivity index (χ1n) is 9.88. The molecule has 0 unspecified atom stereocenters. The Hall–Kier alpha value is -2.72. The lowest BCUT2D eigenvalue weighted by molar-refractivity contribution is 0.396. The minimum absolute atomic E-state index is 0.256. The van der Waals surface area contributed by atoms with Gasteiger partial charge in [-0.2, -0.15) is 4.31 Å². The van der Waals surface area contributed by atoms with Gasteiger partial charge in [-0.1, -0.05) is 17.7 Å². The Bertz CT molecular complexity index is 1400. The fourth-order valence-corrected chi connectivity index (χ4v) is 6.69. The van der Waals surface area contributed by atoms with E-state index in [1.54, 1.807) is 31.4 Å². The number of hydrogen-bond acceptors (Lipinski definition) is 7. The number of fused-ring (bicyclic) bond motifs is 3. The van der Waals surface area contributed by atoms with Gasteiger partial charge in [-0.15, -0.1) is 11.3 Å². The molecule has 0 aliphatic carbocycles. The first-order chi connectivity index (χ1) is 15.5. The van der Waals surface area contributed by atoms with E-state index in [1.807, 2.05) is 24.3 Å². The number of hydrogen-bond donors (Lipinski definition) is 1. The number of rotatable bonds is 5. The lowest BCUT2D eigenvalue weighted by Crippen LogP contribution is -2.35. The van der Waals surface area contributed by atoms with E-state index >= 15 is 0 Å². The maximum Gasteiger partial charge on any atom is 0.243 e. The Labute approximate surface area is 194 Å².